The third-order valence-electron chi connectivity index (χ3n) is 5.70. The summed E-state index contributed by atoms with van der Waals surface area (Å²) in [5.74, 6) is -1.00. The molecule has 5 N–H and O–H groups in total. The molecular weight excluding hydrogens is 484 g/mol. The predicted octanol–water partition coefficient (Wildman–Crippen LogP) is 1.89. The molecule has 0 spiro atoms. The molecule has 1 saturated heterocycles. The molecule has 1 fully saturated rings. The molecule has 1 aliphatic rings. The third kappa shape index (κ3) is 5.00. The second-order valence-electron chi connectivity index (χ2n) is 8.23. The minimum absolute atomic E-state index is 0.135. The van der Waals surface area contributed by atoms with Gasteiger partial charge in [-0.25, -0.2) is 18.9 Å². The molecule has 2 unspecified atom stereocenters. The Morgan fingerprint density at radius 3 is 2.77 bits per heavy atom. The van der Waals surface area contributed by atoms with Crippen LogP contribution in [-0.4, -0.2) is 61.6 Å². The molecule has 0 amide bonds. The van der Waals surface area contributed by atoms with Gasteiger partial charge in [0.15, 0.2) is 6.17 Å². The number of anilines is 1. The standard InChI is InChI=1S/C21H25FN5O7P/c1-12(19(29)30)26-35(31,34-14-6-4-3-5-7-14)32-10-15-17(28)18(22)21(2,33-15)13-8-16-24-11-25-20(23)27(16)9-13/h3-9,11-12,15,17-18,28H,10H2,1-2H3,(H,26,31)(H,29,30)(H2,23,24,25)/t12?,15-,17-,18-,21+,35?/m1/s1. The second-order valence-corrected chi connectivity index (χ2v) is 9.93. The maximum absolute atomic E-state index is 15.3. The van der Waals surface area contributed by atoms with Crippen LogP contribution in [0.15, 0.2) is 48.9 Å². The van der Waals surface area contributed by atoms with Crippen molar-refractivity contribution in [2.45, 2.75) is 43.9 Å². The lowest BCUT2D eigenvalue weighted by atomic mass is 9.92. The van der Waals surface area contributed by atoms with E-state index in [1.165, 1.54) is 42.9 Å². The van der Waals surface area contributed by atoms with E-state index in [0.717, 1.165) is 0 Å². The van der Waals surface area contributed by atoms with E-state index in [9.17, 15) is 19.6 Å². The number of nitrogens with two attached hydrogens (primary N) is 1. The number of hydrogen-bond acceptors (Lipinski definition) is 9. The first-order valence-electron chi connectivity index (χ1n) is 10.6. The van der Waals surface area contributed by atoms with Crippen molar-refractivity contribution in [3.63, 3.8) is 0 Å². The monoisotopic (exact) mass is 509 g/mol. The number of carboxylic acids is 1. The van der Waals surface area contributed by atoms with Gasteiger partial charge in [-0.3, -0.25) is 13.7 Å². The fourth-order valence-electron chi connectivity index (χ4n) is 3.71. The van der Waals surface area contributed by atoms with E-state index in [1.807, 2.05) is 0 Å². The summed E-state index contributed by atoms with van der Waals surface area (Å²) < 4.78 is 46.8. The van der Waals surface area contributed by atoms with E-state index in [1.54, 1.807) is 24.3 Å². The minimum Gasteiger partial charge on any atom is -0.480 e. The molecule has 3 aromatic rings. The van der Waals surface area contributed by atoms with Crippen molar-refractivity contribution in [1.82, 2.24) is 19.5 Å². The molecule has 1 aliphatic heterocycles. The fraction of sp³-hybridized carbons (Fsp3) is 0.381. The number of nitrogen functional groups attached to an aromatic ring is 1. The highest BCUT2D eigenvalue weighted by atomic mass is 31.2. The largest absolute Gasteiger partial charge is 0.480 e. The predicted molar refractivity (Wildman–Crippen MR) is 121 cm³/mol. The average molecular weight is 509 g/mol. The summed E-state index contributed by atoms with van der Waals surface area (Å²) in [6.07, 6.45) is -2.01. The lowest BCUT2D eigenvalue weighted by molar-refractivity contribution is -0.138. The van der Waals surface area contributed by atoms with E-state index in [2.05, 4.69) is 15.1 Å². The molecule has 12 nitrogen and oxygen atoms in total. The van der Waals surface area contributed by atoms with Gasteiger partial charge in [0.1, 0.15) is 41.6 Å². The summed E-state index contributed by atoms with van der Waals surface area (Å²) in [6, 6.07) is 8.24. The Kier molecular flexibility index (Phi) is 6.80. The van der Waals surface area contributed by atoms with Crippen LogP contribution in [-0.2, 0) is 24.2 Å². The smallest absolute Gasteiger partial charge is 0.459 e. The molecule has 35 heavy (non-hydrogen) atoms. The minimum atomic E-state index is -4.28. The number of halogens is 1. The number of ether oxygens (including phenoxy) is 1. The number of nitrogens with one attached hydrogen (secondary N) is 1. The zero-order valence-corrected chi connectivity index (χ0v) is 19.7. The van der Waals surface area contributed by atoms with Crippen molar-refractivity contribution in [3.05, 3.63) is 54.5 Å². The number of aliphatic hydroxyl groups is 1. The van der Waals surface area contributed by atoms with Gasteiger partial charge in [-0.1, -0.05) is 18.2 Å². The fourth-order valence-corrected chi connectivity index (χ4v) is 5.22. The Morgan fingerprint density at radius 1 is 1.40 bits per heavy atom. The Morgan fingerprint density at radius 2 is 2.11 bits per heavy atom. The first-order chi connectivity index (χ1) is 16.5. The number of fused-ring (bicyclic) bond motifs is 1. The summed E-state index contributed by atoms with van der Waals surface area (Å²) in [5, 5.41) is 22.1. The van der Waals surface area contributed by atoms with Gasteiger partial charge in [0.05, 0.1) is 6.61 Å². The Bertz CT molecular complexity index is 1260. The normalized spacial score (nSPS) is 26.9. The highest BCUT2D eigenvalue weighted by Crippen LogP contribution is 2.47. The molecule has 1 aromatic carbocycles. The van der Waals surface area contributed by atoms with Gasteiger partial charge in [-0.15, -0.1) is 0 Å². The molecule has 2 aromatic heterocycles. The topological polar surface area (TPSA) is 171 Å². The van der Waals surface area contributed by atoms with Gasteiger partial charge in [-0.2, -0.15) is 5.09 Å². The van der Waals surface area contributed by atoms with Gasteiger partial charge in [0.2, 0.25) is 5.95 Å². The number of nitrogens with zero attached hydrogens (tertiary/aromatic N) is 3. The van der Waals surface area contributed by atoms with E-state index < -0.39 is 50.3 Å². The average Bonchev–Trinajstić information content (AvgIpc) is 3.36. The van der Waals surface area contributed by atoms with Crippen molar-refractivity contribution in [2.24, 2.45) is 0 Å². The van der Waals surface area contributed by atoms with E-state index >= 15 is 4.39 Å². The molecular formula is C21H25FN5O7P. The van der Waals surface area contributed by atoms with Gasteiger partial charge < -0.3 is 25.2 Å². The first-order valence-corrected chi connectivity index (χ1v) is 12.2. The van der Waals surface area contributed by atoms with Gasteiger partial charge >= 0.3 is 13.7 Å². The van der Waals surface area contributed by atoms with Crippen LogP contribution in [0.5, 0.6) is 5.75 Å². The number of para-hydroxylation sites is 1. The molecule has 188 valence electrons. The quantitative estimate of drug-likeness (QED) is 0.311. The number of aliphatic hydroxyl groups excluding tert-OH is 1. The van der Waals surface area contributed by atoms with Crippen molar-refractivity contribution >= 4 is 25.3 Å². The maximum atomic E-state index is 15.3. The summed E-state index contributed by atoms with van der Waals surface area (Å²) in [7, 11) is -4.28. The molecule has 3 heterocycles. The van der Waals surface area contributed by atoms with Gasteiger partial charge in [-0.05, 0) is 32.0 Å². The lowest BCUT2D eigenvalue weighted by Crippen LogP contribution is -2.36. The zero-order valence-electron chi connectivity index (χ0n) is 18.8. The Labute approximate surface area is 199 Å². The molecule has 0 saturated carbocycles. The number of carboxylic acid groups (broad SMARTS) is 1. The van der Waals surface area contributed by atoms with Crippen LogP contribution < -0.4 is 15.3 Å². The highest BCUT2D eigenvalue weighted by molar-refractivity contribution is 7.52. The Hall–Kier alpha value is -3.09. The maximum Gasteiger partial charge on any atom is 0.459 e. The highest BCUT2D eigenvalue weighted by Gasteiger charge is 2.54. The molecule has 14 heteroatoms. The third-order valence-corrected chi connectivity index (χ3v) is 7.35. The van der Waals surface area contributed by atoms with Gasteiger partial charge in [0.25, 0.3) is 0 Å². The van der Waals surface area contributed by atoms with Crippen molar-refractivity contribution < 1.29 is 37.7 Å². The van der Waals surface area contributed by atoms with Crippen molar-refractivity contribution in [3.8, 4) is 5.75 Å². The number of carbonyl (C=O) groups is 1. The zero-order chi connectivity index (χ0) is 25.4. The number of benzene rings is 1. The van der Waals surface area contributed by atoms with E-state index in [0.29, 0.717) is 11.2 Å². The van der Waals surface area contributed by atoms with Crippen LogP contribution in [0.3, 0.4) is 0 Å². The summed E-state index contributed by atoms with van der Waals surface area (Å²) >= 11 is 0. The van der Waals surface area contributed by atoms with Crippen molar-refractivity contribution in [1.29, 1.82) is 0 Å². The molecule has 0 radical (unpaired) electrons. The molecule has 6 atom stereocenters. The van der Waals surface area contributed by atoms with Crippen LogP contribution in [0.4, 0.5) is 10.3 Å². The molecule has 0 bridgehead atoms. The molecule has 4 rings (SSSR count). The lowest BCUT2D eigenvalue weighted by Gasteiger charge is -2.26. The Balaban J connectivity index is 1.54. The number of hydrogen-bond donors (Lipinski definition) is 4. The van der Waals surface area contributed by atoms with Gasteiger partial charge in [0, 0.05) is 11.8 Å². The first kappa shape index (κ1) is 25.0. The number of aliphatic carboxylic acids is 1. The second kappa shape index (κ2) is 9.51. The number of alkyl halides is 1. The van der Waals surface area contributed by atoms with Crippen LogP contribution in [0.1, 0.15) is 19.4 Å². The number of rotatable bonds is 9. The van der Waals surface area contributed by atoms with Crippen LogP contribution in [0.25, 0.3) is 5.65 Å². The summed E-state index contributed by atoms with van der Waals surface area (Å²) in [4.78, 5) is 19.2. The summed E-state index contributed by atoms with van der Waals surface area (Å²) in [5.41, 5.74) is 4.98. The summed E-state index contributed by atoms with van der Waals surface area (Å²) in [6.45, 7) is 2.15. The molecule has 0 aliphatic carbocycles. The van der Waals surface area contributed by atoms with Crippen molar-refractivity contribution in [2.75, 3.05) is 12.3 Å². The van der Waals surface area contributed by atoms with Crippen LogP contribution >= 0.6 is 7.75 Å². The number of aromatic nitrogens is 3. The van der Waals surface area contributed by atoms with Crippen LogP contribution in [0.2, 0.25) is 0 Å². The van der Waals surface area contributed by atoms with E-state index in [4.69, 9.17) is 19.5 Å². The van der Waals surface area contributed by atoms with Crippen LogP contribution in [0, 0.1) is 0 Å². The van der Waals surface area contributed by atoms with E-state index in [-0.39, 0.29) is 11.7 Å². The SMILES string of the molecule is CC(NP(=O)(OC[C@H]1O[C@@](C)(c2cc3ncnc(N)n3c2)[C@H](F)[C@@H]1O)Oc1ccccc1)C(=O)O.